The second-order valence-corrected chi connectivity index (χ2v) is 3.83. The lowest BCUT2D eigenvalue weighted by atomic mass is 10.2. The van der Waals surface area contributed by atoms with Gasteiger partial charge in [0, 0.05) is 16.7 Å². The second kappa shape index (κ2) is 8.10. The first kappa shape index (κ1) is 13.8. The molecule has 0 amide bonds. The number of rotatable bonds is 2. The molecule has 0 radical (unpaired) electrons. The third kappa shape index (κ3) is 6.25. The van der Waals surface area contributed by atoms with E-state index in [1.807, 2.05) is 0 Å². The van der Waals surface area contributed by atoms with Gasteiger partial charge in [0.25, 0.3) is 0 Å². The standard InChI is InChI=1S/C8H8Cl2O.C3H8/c9-7-3-6(1-2-11)4-8(10)5-7;1-3-2/h3-5,11H,1-2H2;3H2,1-2H3. The number of hydrogen-bond acceptors (Lipinski definition) is 1. The Bertz CT molecular complexity index is 241. The Morgan fingerprint density at radius 3 is 1.86 bits per heavy atom. The van der Waals surface area contributed by atoms with E-state index in [1.165, 1.54) is 6.42 Å². The maximum absolute atomic E-state index is 8.62. The third-order valence-corrected chi connectivity index (χ3v) is 1.76. The maximum Gasteiger partial charge on any atom is 0.0471 e. The van der Waals surface area contributed by atoms with Gasteiger partial charge in [-0.05, 0) is 30.2 Å². The van der Waals surface area contributed by atoms with Gasteiger partial charge in [-0.1, -0.05) is 43.5 Å². The average Bonchev–Trinajstić information content (AvgIpc) is 2.03. The number of halogens is 2. The molecule has 0 atom stereocenters. The number of aliphatic hydroxyl groups excluding tert-OH is 1. The van der Waals surface area contributed by atoms with E-state index < -0.39 is 0 Å². The molecule has 0 aliphatic rings. The summed E-state index contributed by atoms with van der Waals surface area (Å²) < 4.78 is 0. The van der Waals surface area contributed by atoms with Crippen molar-refractivity contribution in [3.8, 4) is 0 Å². The van der Waals surface area contributed by atoms with E-state index >= 15 is 0 Å². The van der Waals surface area contributed by atoms with Gasteiger partial charge >= 0.3 is 0 Å². The van der Waals surface area contributed by atoms with Gasteiger partial charge < -0.3 is 5.11 Å². The van der Waals surface area contributed by atoms with Crippen LogP contribution >= 0.6 is 23.2 Å². The molecule has 0 heterocycles. The van der Waals surface area contributed by atoms with E-state index in [9.17, 15) is 0 Å². The topological polar surface area (TPSA) is 20.2 Å². The Balaban J connectivity index is 0.000000500. The summed E-state index contributed by atoms with van der Waals surface area (Å²) >= 11 is 11.4. The van der Waals surface area contributed by atoms with Crippen molar-refractivity contribution in [3.63, 3.8) is 0 Å². The first-order valence-corrected chi connectivity index (χ1v) is 5.45. The van der Waals surface area contributed by atoms with Crippen LogP contribution in [-0.2, 0) is 6.42 Å². The lowest BCUT2D eigenvalue weighted by molar-refractivity contribution is 0.299. The minimum Gasteiger partial charge on any atom is -0.396 e. The Labute approximate surface area is 95.7 Å². The first-order chi connectivity index (χ1) is 6.63. The van der Waals surface area contributed by atoms with Crippen molar-refractivity contribution in [2.75, 3.05) is 6.61 Å². The van der Waals surface area contributed by atoms with Gasteiger partial charge in [-0.3, -0.25) is 0 Å². The fourth-order valence-electron chi connectivity index (χ4n) is 0.884. The minimum atomic E-state index is 0.122. The Morgan fingerprint density at radius 1 is 1.07 bits per heavy atom. The monoisotopic (exact) mass is 234 g/mol. The van der Waals surface area contributed by atoms with Crippen LogP contribution in [0.3, 0.4) is 0 Å². The lowest BCUT2D eigenvalue weighted by Gasteiger charge is -1.99. The molecule has 1 aromatic carbocycles. The highest BCUT2D eigenvalue weighted by molar-refractivity contribution is 6.34. The van der Waals surface area contributed by atoms with Crippen LogP contribution in [0.4, 0.5) is 0 Å². The summed E-state index contributed by atoms with van der Waals surface area (Å²) in [6.07, 6.45) is 1.85. The van der Waals surface area contributed by atoms with Crippen molar-refractivity contribution in [2.24, 2.45) is 0 Å². The van der Waals surface area contributed by atoms with E-state index in [1.54, 1.807) is 18.2 Å². The molecular weight excluding hydrogens is 219 g/mol. The molecule has 0 bridgehead atoms. The van der Waals surface area contributed by atoms with Crippen LogP contribution in [0.1, 0.15) is 25.8 Å². The molecule has 0 saturated heterocycles. The number of benzene rings is 1. The third-order valence-electron chi connectivity index (χ3n) is 1.32. The minimum absolute atomic E-state index is 0.122. The Morgan fingerprint density at radius 2 is 1.50 bits per heavy atom. The van der Waals surface area contributed by atoms with Crippen LogP contribution in [0, 0.1) is 0 Å². The highest BCUT2D eigenvalue weighted by atomic mass is 35.5. The van der Waals surface area contributed by atoms with E-state index in [0.29, 0.717) is 16.5 Å². The van der Waals surface area contributed by atoms with E-state index in [0.717, 1.165) is 5.56 Å². The van der Waals surface area contributed by atoms with E-state index in [4.69, 9.17) is 28.3 Å². The molecule has 1 rings (SSSR count). The average molecular weight is 235 g/mol. The summed E-state index contributed by atoms with van der Waals surface area (Å²) in [5.41, 5.74) is 0.963. The first-order valence-electron chi connectivity index (χ1n) is 4.69. The number of hydrogen-bond donors (Lipinski definition) is 1. The van der Waals surface area contributed by atoms with Gasteiger partial charge in [0.2, 0.25) is 0 Å². The fourth-order valence-corrected chi connectivity index (χ4v) is 1.46. The van der Waals surface area contributed by atoms with Gasteiger partial charge in [0.15, 0.2) is 0 Å². The molecule has 0 unspecified atom stereocenters. The molecule has 0 saturated carbocycles. The quantitative estimate of drug-likeness (QED) is 0.822. The highest BCUT2D eigenvalue weighted by Gasteiger charge is 1.96. The van der Waals surface area contributed by atoms with Crippen molar-refractivity contribution < 1.29 is 5.11 Å². The predicted molar refractivity (Wildman–Crippen MR) is 63.2 cm³/mol. The van der Waals surface area contributed by atoms with Gasteiger partial charge in [-0.2, -0.15) is 0 Å². The molecule has 1 nitrogen and oxygen atoms in total. The predicted octanol–water partition coefficient (Wildman–Crippen LogP) is 3.94. The summed E-state index contributed by atoms with van der Waals surface area (Å²) in [6, 6.07) is 5.26. The molecule has 0 aromatic heterocycles. The molecule has 0 fully saturated rings. The molecule has 0 spiro atoms. The fraction of sp³-hybridized carbons (Fsp3) is 0.455. The van der Waals surface area contributed by atoms with Crippen LogP contribution in [0.15, 0.2) is 18.2 Å². The molecule has 0 aliphatic heterocycles. The Hall–Kier alpha value is -0.240. The van der Waals surface area contributed by atoms with Crippen molar-refractivity contribution >= 4 is 23.2 Å². The molecular formula is C11H16Cl2O. The van der Waals surface area contributed by atoms with Crippen molar-refractivity contribution in [1.29, 1.82) is 0 Å². The summed E-state index contributed by atoms with van der Waals surface area (Å²) in [7, 11) is 0. The summed E-state index contributed by atoms with van der Waals surface area (Å²) in [5.74, 6) is 0. The van der Waals surface area contributed by atoms with Crippen LogP contribution in [-0.4, -0.2) is 11.7 Å². The summed E-state index contributed by atoms with van der Waals surface area (Å²) in [6.45, 7) is 4.37. The van der Waals surface area contributed by atoms with Crippen LogP contribution < -0.4 is 0 Å². The zero-order chi connectivity index (χ0) is 11.0. The SMILES string of the molecule is CCC.OCCc1cc(Cl)cc(Cl)c1. The van der Waals surface area contributed by atoms with Crippen molar-refractivity contribution in [2.45, 2.75) is 26.7 Å². The van der Waals surface area contributed by atoms with Crippen LogP contribution in [0.5, 0.6) is 0 Å². The second-order valence-electron chi connectivity index (χ2n) is 2.96. The zero-order valence-electron chi connectivity index (χ0n) is 8.56. The molecule has 1 N–H and O–H groups in total. The summed E-state index contributed by atoms with van der Waals surface area (Å²) in [4.78, 5) is 0. The zero-order valence-corrected chi connectivity index (χ0v) is 10.1. The Kier molecular flexibility index (Phi) is 7.96. The molecule has 80 valence electrons. The summed E-state index contributed by atoms with van der Waals surface area (Å²) in [5, 5.41) is 9.84. The van der Waals surface area contributed by atoms with Gasteiger partial charge in [-0.15, -0.1) is 0 Å². The van der Waals surface area contributed by atoms with Crippen LogP contribution in [0.25, 0.3) is 0 Å². The lowest BCUT2D eigenvalue weighted by Crippen LogP contribution is -1.89. The smallest absolute Gasteiger partial charge is 0.0471 e. The molecule has 3 heteroatoms. The highest BCUT2D eigenvalue weighted by Crippen LogP contribution is 2.18. The largest absolute Gasteiger partial charge is 0.396 e. The normalized spacial score (nSPS) is 9.21. The van der Waals surface area contributed by atoms with Gasteiger partial charge in [-0.25, -0.2) is 0 Å². The molecule has 0 aliphatic carbocycles. The molecule has 14 heavy (non-hydrogen) atoms. The van der Waals surface area contributed by atoms with E-state index in [2.05, 4.69) is 13.8 Å². The van der Waals surface area contributed by atoms with Crippen molar-refractivity contribution in [3.05, 3.63) is 33.8 Å². The maximum atomic E-state index is 8.62. The van der Waals surface area contributed by atoms with Gasteiger partial charge in [0.1, 0.15) is 0 Å². The van der Waals surface area contributed by atoms with Crippen LogP contribution in [0.2, 0.25) is 10.0 Å². The van der Waals surface area contributed by atoms with Gasteiger partial charge in [0.05, 0.1) is 0 Å². The molecule has 1 aromatic rings. The van der Waals surface area contributed by atoms with Crippen molar-refractivity contribution in [1.82, 2.24) is 0 Å². The van der Waals surface area contributed by atoms with E-state index in [-0.39, 0.29) is 6.61 Å². The number of aliphatic hydroxyl groups is 1.